The zero-order chi connectivity index (χ0) is 23.0. The van der Waals surface area contributed by atoms with Gasteiger partial charge >= 0.3 is 0 Å². The zero-order valence-electron chi connectivity index (χ0n) is 18.9. The number of nitrogens with one attached hydrogen (secondary N) is 1. The van der Waals surface area contributed by atoms with E-state index in [1.54, 1.807) is 12.1 Å². The molecule has 0 aromatic heterocycles. The molecule has 3 aromatic rings. The van der Waals surface area contributed by atoms with Crippen molar-refractivity contribution >= 4 is 17.3 Å². The molecule has 1 fully saturated rings. The van der Waals surface area contributed by atoms with Gasteiger partial charge in [0.05, 0.1) is 13.2 Å². The van der Waals surface area contributed by atoms with Gasteiger partial charge in [-0.3, -0.25) is 4.79 Å². The van der Waals surface area contributed by atoms with Crippen molar-refractivity contribution in [3.63, 3.8) is 0 Å². The van der Waals surface area contributed by atoms with Gasteiger partial charge in [0.25, 0.3) is 0 Å². The third-order valence-electron chi connectivity index (χ3n) is 5.87. The first-order valence-corrected chi connectivity index (χ1v) is 11.3. The Labute approximate surface area is 194 Å². The van der Waals surface area contributed by atoms with Crippen LogP contribution in [0.15, 0.2) is 78.9 Å². The van der Waals surface area contributed by atoms with Crippen molar-refractivity contribution in [2.45, 2.75) is 26.2 Å². The average molecular weight is 448 g/mol. The first kappa shape index (κ1) is 22.8. The average Bonchev–Trinajstić information content (AvgIpc) is 2.86. The normalized spacial score (nSPS) is 14.7. The Hall–Kier alpha value is -3.38. The molecule has 4 rings (SSSR count). The van der Waals surface area contributed by atoms with Crippen LogP contribution in [0, 0.1) is 5.82 Å². The predicted molar refractivity (Wildman–Crippen MR) is 130 cm³/mol. The summed E-state index contributed by atoms with van der Waals surface area (Å²) in [4.78, 5) is 17.0. The van der Waals surface area contributed by atoms with E-state index in [1.165, 1.54) is 12.1 Å². The lowest BCUT2D eigenvalue weighted by Gasteiger charge is -2.37. The third-order valence-corrected chi connectivity index (χ3v) is 5.87. The molecule has 3 aromatic carbocycles. The highest BCUT2D eigenvalue weighted by Gasteiger charge is 2.25. The van der Waals surface area contributed by atoms with Crippen LogP contribution in [0.25, 0.3) is 0 Å². The van der Waals surface area contributed by atoms with Gasteiger partial charge < -0.3 is 19.9 Å². The molecule has 0 saturated carbocycles. The summed E-state index contributed by atoms with van der Waals surface area (Å²) in [6, 6.07) is 24.3. The molecule has 1 atom stereocenters. The number of amides is 1. The van der Waals surface area contributed by atoms with E-state index in [0.717, 1.165) is 35.6 Å². The van der Waals surface area contributed by atoms with E-state index < -0.39 is 0 Å². The number of carbonyl (C=O) groups excluding carboxylic acids is 1. The van der Waals surface area contributed by atoms with E-state index in [0.29, 0.717) is 26.3 Å². The van der Waals surface area contributed by atoms with Crippen molar-refractivity contribution in [3.05, 3.63) is 95.8 Å². The minimum atomic E-state index is -0.317. The molecule has 1 heterocycles. The molecule has 1 saturated heterocycles. The summed E-state index contributed by atoms with van der Waals surface area (Å²) >= 11 is 0. The summed E-state index contributed by atoms with van der Waals surface area (Å²) in [6.45, 7) is 5.80. The monoisotopic (exact) mass is 447 g/mol. The Kier molecular flexibility index (Phi) is 7.58. The highest BCUT2D eigenvalue weighted by molar-refractivity contribution is 5.84. The molecule has 0 bridgehead atoms. The van der Waals surface area contributed by atoms with Crippen molar-refractivity contribution in [1.29, 1.82) is 0 Å². The van der Waals surface area contributed by atoms with Gasteiger partial charge in [0.15, 0.2) is 0 Å². The Balaban J connectivity index is 1.22. The smallest absolute Gasteiger partial charge is 0.244 e. The number of piperazine rings is 1. The number of carbonyl (C=O) groups is 1. The van der Waals surface area contributed by atoms with Crippen molar-refractivity contribution in [2.24, 2.45) is 0 Å². The lowest BCUT2D eigenvalue weighted by atomic mass is 10.2. The first-order valence-electron chi connectivity index (χ1n) is 11.3. The van der Waals surface area contributed by atoms with Crippen molar-refractivity contribution in [2.75, 3.05) is 36.4 Å². The molecule has 1 unspecified atom stereocenters. The number of hydrogen-bond donors (Lipinski definition) is 1. The molecular formula is C27H30FN3O2. The lowest BCUT2D eigenvalue weighted by Crippen LogP contribution is -2.52. The highest BCUT2D eigenvalue weighted by Crippen LogP contribution is 2.18. The fourth-order valence-corrected chi connectivity index (χ4v) is 3.98. The molecule has 33 heavy (non-hydrogen) atoms. The lowest BCUT2D eigenvalue weighted by molar-refractivity contribution is -0.131. The Morgan fingerprint density at radius 2 is 1.48 bits per heavy atom. The zero-order valence-corrected chi connectivity index (χ0v) is 18.9. The second-order valence-corrected chi connectivity index (χ2v) is 8.33. The van der Waals surface area contributed by atoms with Crippen LogP contribution in [0.1, 0.15) is 18.1 Å². The minimum Gasteiger partial charge on any atom is -0.374 e. The number of rotatable bonds is 8. The summed E-state index contributed by atoms with van der Waals surface area (Å²) in [6.07, 6.45) is 0. The Morgan fingerprint density at radius 1 is 0.879 bits per heavy atom. The van der Waals surface area contributed by atoms with E-state index in [1.807, 2.05) is 66.4 Å². The second kappa shape index (κ2) is 11.0. The quantitative estimate of drug-likeness (QED) is 0.544. The molecule has 5 nitrogen and oxygen atoms in total. The maximum atomic E-state index is 13.1. The van der Waals surface area contributed by atoms with Crippen molar-refractivity contribution in [1.82, 2.24) is 4.90 Å². The van der Waals surface area contributed by atoms with Crippen LogP contribution >= 0.6 is 0 Å². The summed E-state index contributed by atoms with van der Waals surface area (Å²) in [5.41, 5.74) is 4.14. The number of benzene rings is 3. The second-order valence-electron chi connectivity index (χ2n) is 8.33. The Bertz CT molecular complexity index is 1020. The minimum absolute atomic E-state index is 0.0871. The van der Waals surface area contributed by atoms with Crippen LogP contribution in [0.2, 0.25) is 0 Å². The van der Waals surface area contributed by atoms with Crippen LogP contribution < -0.4 is 10.2 Å². The number of anilines is 2. The van der Waals surface area contributed by atoms with E-state index >= 15 is 0 Å². The molecule has 0 radical (unpaired) electrons. The van der Waals surface area contributed by atoms with Crippen molar-refractivity contribution in [3.8, 4) is 0 Å². The van der Waals surface area contributed by atoms with Gasteiger partial charge in [0.1, 0.15) is 11.9 Å². The van der Waals surface area contributed by atoms with Crippen LogP contribution in [-0.2, 0) is 22.7 Å². The summed E-state index contributed by atoms with van der Waals surface area (Å²) in [5, 5.41) is 3.31. The molecule has 1 aliphatic heterocycles. The van der Waals surface area contributed by atoms with Gasteiger partial charge in [-0.1, -0.05) is 42.5 Å². The Morgan fingerprint density at radius 3 is 2.12 bits per heavy atom. The van der Waals surface area contributed by atoms with E-state index in [-0.39, 0.29) is 17.8 Å². The number of halogens is 1. The molecule has 1 amide bonds. The molecule has 1 N–H and O–H groups in total. The standard InChI is InChI=1S/C27H30FN3O2/c1-21(27(32)31-17-15-30(16-18-31)26-13-9-24(28)10-14-26)29-25-11-7-23(8-12-25)20-33-19-22-5-3-2-4-6-22/h2-14,21,29H,15-20H2,1H3. The van der Waals surface area contributed by atoms with Gasteiger partial charge in [-0.15, -0.1) is 0 Å². The van der Waals surface area contributed by atoms with Gasteiger partial charge in [-0.25, -0.2) is 4.39 Å². The van der Waals surface area contributed by atoms with E-state index in [4.69, 9.17) is 4.74 Å². The molecule has 6 heteroatoms. The van der Waals surface area contributed by atoms with Gasteiger partial charge in [0, 0.05) is 37.6 Å². The van der Waals surface area contributed by atoms with Gasteiger partial charge in [-0.05, 0) is 54.4 Å². The number of nitrogens with zero attached hydrogens (tertiary/aromatic N) is 2. The number of hydrogen-bond acceptors (Lipinski definition) is 4. The van der Waals surface area contributed by atoms with Crippen LogP contribution in [-0.4, -0.2) is 43.0 Å². The first-order chi connectivity index (χ1) is 16.1. The van der Waals surface area contributed by atoms with Crippen molar-refractivity contribution < 1.29 is 13.9 Å². The SMILES string of the molecule is CC(Nc1ccc(COCc2ccccc2)cc1)C(=O)N1CCN(c2ccc(F)cc2)CC1. The third kappa shape index (κ3) is 6.33. The maximum absolute atomic E-state index is 13.1. The van der Waals surface area contributed by atoms with Crippen LogP contribution in [0.5, 0.6) is 0 Å². The van der Waals surface area contributed by atoms with E-state index in [9.17, 15) is 9.18 Å². The summed E-state index contributed by atoms with van der Waals surface area (Å²) in [5.74, 6) is -0.149. The predicted octanol–water partition coefficient (Wildman–Crippen LogP) is 4.69. The summed E-state index contributed by atoms with van der Waals surface area (Å²) in [7, 11) is 0. The van der Waals surface area contributed by atoms with E-state index in [2.05, 4.69) is 10.2 Å². The molecule has 1 aliphatic rings. The molecule has 172 valence electrons. The summed E-state index contributed by atoms with van der Waals surface area (Å²) < 4.78 is 18.9. The fourth-order valence-electron chi connectivity index (χ4n) is 3.98. The van der Waals surface area contributed by atoms with Gasteiger partial charge in [0.2, 0.25) is 5.91 Å². The van der Waals surface area contributed by atoms with Crippen LogP contribution in [0.3, 0.4) is 0 Å². The van der Waals surface area contributed by atoms with Gasteiger partial charge in [-0.2, -0.15) is 0 Å². The van der Waals surface area contributed by atoms with Crippen LogP contribution in [0.4, 0.5) is 15.8 Å². The molecule has 0 spiro atoms. The number of ether oxygens (including phenoxy) is 1. The topological polar surface area (TPSA) is 44.8 Å². The fraction of sp³-hybridized carbons (Fsp3) is 0.296. The molecular weight excluding hydrogens is 417 g/mol. The molecule has 0 aliphatic carbocycles. The maximum Gasteiger partial charge on any atom is 0.244 e. The highest BCUT2D eigenvalue weighted by atomic mass is 19.1. The largest absolute Gasteiger partial charge is 0.374 e.